The third-order valence-corrected chi connectivity index (χ3v) is 6.61. The Bertz CT molecular complexity index is 950. The van der Waals surface area contributed by atoms with Crippen LogP contribution in [-0.2, 0) is 17.5 Å². The first-order chi connectivity index (χ1) is 15.8. The molecule has 2 aliphatic heterocycles. The minimum Gasteiger partial charge on any atom is -0.497 e. The number of likely N-dealkylation sites (tertiary alicyclic amines) is 1. The molecule has 0 bridgehead atoms. The second kappa shape index (κ2) is 10.0. The van der Waals surface area contributed by atoms with Crippen molar-refractivity contribution in [2.45, 2.75) is 25.6 Å². The Balaban J connectivity index is 1.26. The first-order valence-corrected chi connectivity index (χ1v) is 11.4. The number of benzene rings is 2. The standard InChI is InChI=1S/C25H30F3N3O2/c1-33-23-7-2-4-19(16-23)18-29-10-8-20(9-11-29)24(32)31-14-12-30(13-15-31)22-6-3-5-21(17-22)25(26,27)28/h2-7,16-17,20H,8-15,18H2,1H3. The number of nitrogens with zero attached hydrogens (tertiary/aromatic N) is 3. The molecule has 0 saturated carbocycles. The molecule has 0 unspecified atom stereocenters. The van der Waals surface area contributed by atoms with Crippen LogP contribution in [0.1, 0.15) is 24.0 Å². The Kier molecular flexibility index (Phi) is 7.12. The van der Waals surface area contributed by atoms with Gasteiger partial charge in [0.1, 0.15) is 5.75 Å². The van der Waals surface area contributed by atoms with E-state index in [0.717, 1.165) is 44.3 Å². The van der Waals surface area contributed by atoms with E-state index in [1.165, 1.54) is 17.7 Å². The molecule has 2 aromatic carbocycles. The van der Waals surface area contributed by atoms with Gasteiger partial charge in [0.05, 0.1) is 12.7 Å². The highest BCUT2D eigenvalue weighted by Crippen LogP contribution is 2.32. The highest BCUT2D eigenvalue weighted by molar-refractivity contribution is 5.79. The Labute approximate surface area is 192 Å². The molecule has 2 saturated heterocycles. The van der Waals surface area contributed by atoms with Crippen LogP contribution >= 0.6 is 0 Å². The number of carbonyl (C=O) groups excluding carboxylic acids is 1. The molecule has 33 heavy (non-hydrogen) atoms. The molecule has 0 aromatic heterocycles. The van der Waals surface area contributed by atoms with E-state index in [1.807, 2.05) is 28.0 Å². The molecule has 2 fully saturated rings. The summed E-state index contributed by atoms with van der Waals surface area (Å²) in [5.74, 6) is 1.05. The fourth-order valence-corrected chi connectivity index (χ4v) is 4.69. The van der Waals surface area contributed by atoms with Crippen molar-refractivity contribution in [2.75, 3.05) is 51.3 Å². The molecule has 178 valence electrons. The van der Waals surface area contributed by atoms with Crippen LogP contribution in [0.2, 0.25) is 0 Å². The molecule has 0 spiro atoms. The minimum atomic E-state index is -4.35. The zero-order valence-corrected chi connectivity index (χ0v) is 18.9. The number of piperazine rings is 1. The van der Waals surface area contributed by atoms with Gasteiger partial charge in [-0.3, -0.25) is 9.69 Å². The predicted molar refractivity (Wildman–Crippen MR) is 121 cm³/mol. The van der Waals surface area contributed by atoms with E-state index in [-0.39, 0.29) is 11.8 Å². The maximum Gasteiger partial charge on any atom is 0.416 e. The van der Waals surface area contributed by atoms with Crippen molar-refractivity contribution >= 4 is 11.6 Å². The molecule has 2 heterocycles. The fraction of sp³-hybridized carbons (Fsp3) is 0.480. The smallest absolute Gasteiger partial charge is 0.416 e. The lowest BCUT2D eigenvalue weighted by Gasteiger charge is -2.39. The van der Waals surface area contributed by atoms with Crippen LogP contribution in [0.25, 0.3) is 0 Å². The monoisotopic (exact) mass is 461 g/mol. The molecule has 8 heteroatoms. The number of methoxy groups -OCH3 is 1. The zero-order chi connectivity index (χ0) is 23.4. The Hall–Kier alpha value is -2.74. The third-order valence-electron chi connectivity index (χ3n) is 6.61. The van der Waals surface area contributed by atoms with Crippen molar-refractivity contribution in [2.24, 2.45) is 5.92 Å². The van der Waals surface area contributed by atoms with Crippen LogP contribution in [0.4, 0.5) is 18.9 Å². The molecular weight excluding hydrogens is 431 g/mol. The second-order valence-corrected chi connectivity index (χ2v) is 8.76. The van der Waals surface area contributed by atoms with Crippen LogP contribution in [0.5, 0.6) is 5.75 Å². The summed E-state index contributed by atoms with van der Waals surface area (Å²) in [7, 11) is 1.66. The fourth-order valence-electron chi connectivity index (χ4n) is 4.69. The quantitative estimate of drug-likeness (QED) is 0.666. The van der Waals surface area contributed by atoms with Crippen LogP contribution < -0.4 is 9.64 Å². The van der Waals surface area contributed by atoms with Gasteiger partial charge >= 0.3 is 6.18 Å². The number of ether oxygens (including phenoxy) is 1. The van der Waals surface area contributed by atoms with E-state index >= 15 is 0 Å². The summed E-state index contributed by atoms with van der Waals surface area (Å²) in [6.07, 6.45) is -2.69. The highest BCUT2D eigenvalue weighted by atomic mass is 19.4. The summed E-state index contributed by atoms with van der Waals surface area (Å²) in [6, 6.07) is 13.5. The van der Waals surface area contributed by atoms with Gasteiger partial charge in [-0.2, -0.15) is 13.2 Å². The number of hydrogen-bond donors (Lipinski definition) is 0. The number of carbonyl (C=O) groups is 1. The van der Waals surface area contributed by atoms with Crippen molar-refractivity contribution < 1.29 is 22.7 Å². The molecule has 4 rings (SSSR count). The molecule has 1 amide bonds. The molecule has 2 aliphatic rings. The molecule has 5 nitrogen and oxygen atoms in total. The molecular formula is C25H30F3N3O2. The van der Waals surface area contributed by atoms with Gasteiger partial charge in [0.2, 0.25) is 5.91 Å². The average Bonchev–Trinajstić information content (AvgIpc) is 2.84. The second-order valence-electron chi connectivity index (χ2n) is 8.76. The molecule has 0 aliphatic carbocycles. The normalized spacial score (nSPS) is 18.4. The largest absolute Gasteiger partial charge is 0.497 e. The van der Waals surface area contributed by atoms with Crippen molar-refractivity contribution in [1.29, 1.82) is 0 Å². The third kappa shape index (κ3) is 5.79. The lowest BCUT2D eigenvalue weighted by molar-refractivity contribution is -0.138. The number of piperidine rings is 1. The van der Waals surface area contributed by atoms with Gasteiger partial charge in [0.25, 0.3) is 0 Å². The first-order valence-electron chi connectivity index (χ1n) is 11.4. The molecule has 0 N–H and O–H groups in total. The van der Waals surface area contributed by atoms with E-state index in [9.17, 15) is 18.0 Å². The van der Waals surface area contributed by atoms with Crippen LogP contribution in [0.15, 0.2) is 48.5 Å². The number of alkyl halides is 3. The van der Waals surface area contributed by atoms with Crippen LogP contribution in [0, 0.1) is 5.92 Å². The summed E-state index contributed by atoms with van der Waals surface area (Å²) in [5.41, 5.74) is 1.12. The topological polar surface area (TPSA) is 36.0 Å². The summed E-state index contributed by atoms with van der Waals surface area (Å²) in [6.45, 7) is 4.76. The summed E-state index contributed by atoms with van der Waals surface area (Å²) >= 11 is 0. The lowest BCUT2D eigenvalue weighted by Crippen LogP contribution is -2.51. The summed E-state index contributed by atoms with van der Waals surface area (Å²) in [4.78, 5) is 19.2. The van der Waals surface area contributed by atoms with Crippen LogP contribution in [-0.4, -0.2) is 62.1 Å². The Morgan fingerprint density at radius 1 is 0.970 bits per heavy atom. The number of anilines is 1. The van der Waals surface area contributed by atoms with Crippen molar-refractivity contribution in [3.63, 3.8) is 0 Å². The summed E-state index contributed by atoms with van der Waals surface area (Å²) < 4.78 is 44.3. The van der Waals surface area contributed by atoms with Crippen molar-refractivity contribution in [3.8, 4) is 5.75 Å². The summed E-state index contributed by atoms with van der Waals surface area (Å²) in [5, 5.41) is 0. The van der Waals surface area contributed by atoms with Gasteiger partial charge in [0, 0.05) is 44.3 Å². The van der Waals surface area contributed by atoms with Gasteiger partial charge in [-0.25, -0.2) is 0 Å². The van der Waals surface area contributed by atoms with E-state index in [1.54, 1.807) is 13.2 Å². The van der Waals surface area contributed by atoms with Gasteiger partial charge in [-0.15, -0.1) is 0 Å². The number of hydrogen-bond acceptors (Lipinski definition) is 4. The zero-order valence-electron chi connectivity index (χ0n) is 18.9. The Morgan fingerprint density at radius 2 is 1.67 bits per heavy atom. The van der Waals surface area contributed by atoms with Gasteiger partial charge in [-0.05, 0) is 61.8 Å². The molecule has 0 radical (unpaired) electrons. The lowest BCUT2D eigenvalue weighted by atomic mass is 9.94. The number of rotatable bonds is 5. The SMILES string of the molecule is COc1cccc(CN2CCC(C(=O)N3CCN(c4cccc(C(F)(F)F)c4)CC3)CC2)c1. The maximum absolute atomic E-state index is 13.1. The van der Waals surface area contributed by atoms with Crippen molar-refractivity contribution in [3.05, 3.63) is 59.7 Å². The first kappa shape index (κ1) is 23.4. The van der Waals surface area contributed by atoms with E-state index < -0.39 is 11.7 Å². The molecule has 0 atom stereocenters. The van der Waals surface area contributed by atoms with Crippen LogP contribution in [0.3, 0.4) is 0 Å². The number of halogens is 3. The minimum absolute atomic E-state index is 0.0201. The van der Waals surface area contributed by atoms with Gasteiger partial charge in [-0.1, -0.05) is 18.2 Å². The maximum atomic E-state index is 13.1. The Morgan fingerprint density at radius 3 is 2.33 bits per heavy atom. The van der Waals surface area contributed by atoms with E-state index in [0.29, 0.717) is 31.9 Å². The van der Waals surface area contributed by atoms with Gasteiger partial charge < -0.3 is 14.5 Å². The highest BCUT2D eigenvalue weighted by Gasteiger charge is 2.33. The average molecular weight is 462 g/mol. The number of amides is 1. The van der Waals surface area contributed by atoms with E-state index in [2.05, 4.69) is 11.0 Å². The van der Waals surface area contributed by atoms with Gasteiger partial charge in [0.15, 0.2) is 0 Å². The predicted octanol–water partition coefficient (Wildman–Crippen LogP) is 4.27. The van der Waals surface area contributed by atoms with Crippen molar-refractivity contribution in [1.82, 2.24) is 9.80 Å². The molecule has 2 aromatic rings. The van der Waals surface area contributed by atoms with E-state index in [4.69, 9.17) is 4.74 Å².